The van der Waals surface area contributed by atoms with Crippen molar-refractivity contribution in [1.29, 1.82) is 0 Å². The topological polar surface area (TPSA) is 34.1 Å². The lowest BCUT2D eigenvalue weighted by Gasteiger charge is -2.12. The molecule has 0 aliphatic carbocycles. The number of rotatable bonds is 2. The first-order valence-electron chi connectivity index (χ1n) is 4.14. The van der Waals surface area contributed by atoms with Crippen molar-refractivity contribution in [1.82, 2.24) is 0 Å². The highest BCUT2D eigenvalue weighted by Crippen LogP contribution is 2.34. The monoisotopic (exact) mass is 234 g/mol. The van der Waals surface area contributed by atoms with Gasteiger partial charge in [-0.1, -0.05) is 0 Å². The van der Waals surface area contributed by atoms with Gasteiger partial charge in [-0.3, -0.25) is 9.59 Å². The molecule has 0 aliphatic heterocycles. The van der Waals surface area contributed by atoms with Gasteiger partial charge in [-0.05, 0) is 19.1 Å². The van der Waals surface area contributed by atoms with Crippen molar-refractivity contribution >= 4 is 12.1 Å². The van der Waals surface area contributed by atoms with Crippen LogP contribution in [0.5, 0.6) is 0 Å². The Morgan fingerprint density at radius 2 is 1.88 bits per heavy atom. The normalized spacial score (nSPS) is 11.3. The third-order valence-electron chi connectivity index (χ3n) is 1.91. The van der Waals surface area contributed by atoms with Gasteiger partial charge in [0.05, 0.1) is 11.1 Å². The number of hydrogen-bond donors (Lipinski definition) is 0. The van der Waals surface area contributed by atoms with E-state index in [0.29, 0.717) is 12.1 Å². The van der Waals surface area contributed by atoms with Crippen LogP contribution in [0.3, 0.4) is 0 Å². The fraction of sp³-hybridized carbons (Fsp3) is 0.200. The molecule has 2 nitrogen and oxygen atoms in total. The minimum atomic E-state index is -4.87. The number of aldehydes is 1. The van der Waals surface area contributed by atoms with Crippen LogP contribution in [-0.4, -0.2) is 12.1 Å². The average Bonchev–Trinajstić information content (AvgIpc) is 2.14. The molecule has 0 heterocycles. The van der Waals surface area contributed by atoms with Crippen LogP contribution in [0, 0.1) is 5.82 Å². The van der Waals surface area contributed by atoms with Crippen molar-refractivity contribution in [2.45, 2.75) is 13.1 Å². The molecule has 0 unspecified atom stereocenters. The Labute approximate surface area is 87.9 Å². The molecular formula is C10H6F4O2. The number of benzene rings is 1. The summed E-state index contributed by atoms with van der Waals surface area (Å²) in [5.74, 6) is -2.38. The van der Waals surface area contributed by atoms with Gasteiger partial charge >= 0.3 is 6.18 Å². The van der Waals surface area contributed by atoms with Crippen molar-refractivity contribution in [3.05, 3.63) is 34.6 Å². The van der Waals surface area contributed by atoms with Gasteiger partial charge in [-0.25, -0.2) is 4.39 Å². The second-order valence-electron chi connectivity index (χ2n) is 3.10. The van der Waals surface area contributed by atoms with Crippen LogP contribution in [0.25, 0.3) is 0 Å². The quantitative estimate of drug-likeness (QED) is 0.448. The van der Waals surface area contributed by atoms with E-state index in [2.05, 4.69) is 0 Å². The molecule has 0 N–H and O–H groups in total. The van der Waals surface area contributed by atoms with E-state index in [9.17, 15) is 27.2 Å². The number of carbonyl (C=O) groups excluding carboxylic acids is 2. The van der Waals surface area contributed by atoms with E-state index in [1.54, 1.807) is 0 Å². The molecule has 0 aromatic heterocycles. The van der Waals surface area contributed by atoms with E-state index in [1.165, 1.54) is 0 Å². The molecule has 0 fully saturated rings. The average molecular weight is 234 g/mol. The first-order chi connectivity index (χ1) is 7.27. The molecule has 0 aliphatic rings. The first kappa shape index (κ1) is 12.4. The maximum Gasteiger partial charge on any atom is 0.417 e. The van der Waals surface area contributed by atoms with Gasteiger partial charge in [0.15, 0.2) is 5.78 Å². The molecule has 0 bridgehead atoms. The Balaban J connectivity index is 3.59. The maximum absolute atomic E-state index is 13.2. The van der Waals surface area contributed by atoms with Crippen LogP contribution in [0.15, 0.2) is 12.1 Å². The lowest BCUT2D eigenvalue weighted by molar-refractivity contribution is -0.138. The number of carbonyl (C=O) groups is 2. The zero-order valence-corrected chi connectivity index (χ0v) is 8.06. The molecule has 16 heavy (non-hydrogen) atoms. The highest BCUT2D eigenvalue weighted by atomic mass is 19.4. The summed E-state index contributed by atoms with van der Waals surface area (Å²) in [4.78, 5) is 21.2. The molecule has 0 radical (unpaired) electrons. The molecular weight excluding hydrogens is 228 g/mol. The molecule has 86 valence electrons. The van der Waals surface area contributed by atoms with E-state index in [-0.39, 0.29) is 6.29 Å². The van der Waals surface area contributed by atoms with Crippen molar-refractivity contribution in [3.8, 4) is 0 Å². The SMILES string of the molecule is CC(=O)c1c(F)cc(C=O)cc1C(F)(F)F. The van der Waals surface area contributed by atoms with Gasteiger partial charge in [-0.15, -0.1) is 0 Å². The standard InChI is InChI=1S/C10H6F4O2/c1-5(16)9-7(10(12,13)14)2-6(4-15)3-8(9)11/h2-4H,1H3. The van der Waals surface area contributed by atoms with Gasteiger partial charge in [0.2, 0.25) is 0 Å². The van der Waals surface area contributed by atoms with E-state index in [0.717, 1.165) is 6.92 Å². The summed E-state index contributed by atoms with van der Waals surface area (Å²) in [5.41, 5.74) is -2.94. The molecule has 0 saturated carbocycles. The molecule has 0 spiro atoms. The van der Waals surface area contributed by atoms with Gasteiger partial charge < -0.3 is 0 Å². The van der Waals surface area contributed by atoms with Gasteiger partial charge in [-0.2, -0.15) is 13.2 Å². The van der Waals surface area contributed by atoms with E-state index >= 15 is 0 Å². The Hall–Kier alpha value is -1.72. The van der Waals surface area contributed by atoms with E-state index in [4.69, 9.17) is 0 Å². The van der Waals surface area contributed by atoms with Crippen LogP contribution in [0.4, 0.5) is 17.6 Å². The van der Waals surface area contributed by atoms with E-state index < -0.39 is 34.5 Å². The van der Waals surface area contributed by atoms with Crippen molar-refractivity contribution in [3.63, 3.8) is 0 Å². The van der Waals surface area contributed by atoms with Crippen LogP contribution < -0.4 is 0 Å². The van der Waals surface area contributed by atoms with Crippen LogP contribution in [-0.2, 0) is 6.18 Å². The number of ketones is 1. The number of hydrogen-bond acceptors (Lipinski definition) is 2. The lowest BCUT2D eigenvalue weighted by atomic mass is 10.0. The molecule has 6 heteroatoms. The third kappa shape index (κ3) is 2.26. The summed E-state index contributed by atoms with van der Waals surface area (Å²) in [6.07, 6.45) is -4.79. The molecule has 0 amide bonds. The highest BCUT2D eigenvalue weighted by Gasteiger charge is 2.36. The van der Waals surface area contributed by atoms with Crippen molar-refractivity contribution in [2.75, 3.05) is 0 Å². The molecule has 0 atom stereocenters. The smallest absolute Gasteiger partial charge is 0.298 e. The minimum Gasteiger partial charge on any atom is -0.298 e. The van der Waals surface area contributed by atoms with Crippen molar-refractivity contribution in [2.24, 2.45) is 0 Å². The second kappa shape index (κ2) is 4.03. The Morgan fingerprint density at radius 1 is 1.31 bits per heavy atom. The zero-order chi connectivity index (χ0) is 12.5. The summed E-state index contributed by atoms with van der Waals surface area (Å²) >= 11 is 0. The lowest BCUT2D eigenvalue weighted by Crippen LogP contribution is -2.14. The van der Waals surface area contributed by atoms with Gasteiger partial charge in [0, 0.05) is 5.56 Å². The van der Waals surface area contributed by atoms with Crippen LogP contribution in [0.1, 0.15) is 33.2 Å². The largest absolute Gasteiger partial charge is 0.417 e. The van der Waals surface area contributed by atoms with Crippen LogP contribution in [0.2, 0.25) is 0 Å². The first-order valence-corrected chi connectivity index (χ1v) is 4.14. The summed E-state index contributed by atoms with van der Waals surface area (Å²) in [6.45, 7) is 0.828. The maximum atomic E-state index is 13.2. The number of alkyl halides is 3. The summed E-state index contributed by atoms with van der Waals surface area (Å²) in [6, 6.07) is 1.05. The fourth-order valence-electron chi connectivity index (χ4n) is 1.28. The summed E-state index contributed by atoms with van der Waals surface area (Å²) < 4.78 is 50.6. The Morgan fingerprint density at radius 3 is 2.25 bits per heavy atom. The zero-order valence-electron chi connectivity index (χ0n) is 8.06. The fourth-order valence-corrected chi connectivity index (χ4v) is 1.28. The van der Waals surface area contributed by atoms with E-state index in [1.807, 2.05) is 0 Å². The van der Waals surface area contributed by atoms with Gasteiger partial charge in [0.25, 0.3) is 0 Å². The Kier molecular flexibility index (Phi) is 3.11. The summed E-state index contributed by atoms with van der Waals surface area (Å²) in [5, 5.41) is 0. The molecule has 1 aromatic carbocycles. The Bertz CT molecular complexity index is 449. The summed E-state index contributed by atoms with van der Waals surface area (Å²) in [7, 11) is 0. The minimum absolute atomic E-state index is 0.0856. The van der Waals surface area contributed by atoms with Gasteiger partial charge in [0.1, 0.15) is 12.1 Å². The predicted octanol–water partition coefficient (Wildman–Crippen LogP) is 2.86. The van der Waals surface area contributed by atoms with Crippen LogP contribution >= 0.6 is 0 Å². The number of Topliss-reactive ketones (excluding diaryl/α,β-unsaturated/α-hetero) is 1. The molecule has 1 aromatic rings. The second-order valence-corrected chi connectivity index (χ2v) is 3.10. The third-order valence-corrected chi connectivity index (χ3v) is 1.91. The number of halogens is 4. The predicted molar refractivity (Wildman–Crippen MR) is 46.8 cm³/mol. The van der Waals surface area contributed by atoms with Crippen molar-refractivity contribution < 1.29 is 27.2 Å². The molecule has 0 saturated heterocycles. The molecule has 1 rings (SSSR count). The highest BCUT2D eigenvalue weighted by molar-refractivity contribution is 5.96.